The lowest BCUT2D eigenvalue weighted by Gasteiger charge is -2.11. The summed E-state index contributed by atoms with van der Waals surface area (Å²) < 4.78 is 4.98. The molecule has 0 bridgehead atoms. The normalized spacial score (nSPS) is 10.3. The minimum absolute atomic E-state index is 0.337. The van der Waals surface area contributed by atoms with Crippen LogP contribution in [0.5, 0.6) is 0 Å². The van der Waals surface area contributed by atoms with Crippen LogP contribution in [0.1, 0.15) is 22.8 Å². The lowest BCUT2D eigenvalue weighted by molar-refractivity contribution is 0.0526. The van der Waals surface area contributed by atoms with Crippen LogP contribution in [0.25, 0.3) is 0 Å². The lowest BCUT2D eigenvalue weighted by Crippen LogP contribution is -2.04. The van der Waals surface area contributed by atoms with E-state index in [4.69, 9.17) is 16.3 Å². The SMILES string of the molecule is CCOC(=O)c1ccc(Nc2cc(Nc3ccc(Cl)cc3C)ncn2)cc1. The lowest BCUT2D eigenvalue weighted by atomic mass is 10.2. The van der Waals surface area contributed by atoms with Crippen LogP contribution in [-0.4, -0.2) is 22.5 Å². The maximum Gasteiger partial charge on any atom is 0.338 e. The Bertz CT molecular complexity index is 945. The number of benzene rings is 2. The smallest absolute Gasteiger partial charge is 0.338 e. The number of carbonyl (C=O) groups is 1. The first-order valence-corrected chi connectivity index (χ1v) is 8.82. The van der Waals surface area contributed by atoms with E-state index in [0.29, 0.717) is 28.8 Å². The predicted molar refractivity (Wildman–Crippen MR) is 107 cm³/mol. The molecule has 0 radical (unpaired) electrons. The molecule has 2 N–H and O–H groups in total. The number of nitrogens with zero attached hydrogens (tertiary/aromatic N) is 2. The zero-order valence-electron chi connectivity index (χ0n) is 15.0. The zero-order chi connectivity index (χ0) is 19.2. The molecule has 2 aromatic carbocycles. The minimum Gasteiger partial charge on any atom is -0.462 e. The van der Waals surface area contributed by atoms with Gasteiger partial charge in [-0.05, 0) is 61.9 Å². The fourth-order valence-electron chi connectivity index (χ4n) is 2.45. The molecule has 1 aromatic heterocycles. The topological polar surface area (TPSA) is 76.1 Å². The van der Waals surface area contributed by atoms with E-state index < -0.39 is 0 Å². The monoisotopic (exact) mass is 382 g/mol. The van der Waals surface area contributed by atoms with Crippen LogP contribution in [0.15, 0.2) is 54.9 Å². The van der Waals surface area contributed by atoms with Gasteiger partial charge in [0, 0.05) is 22.5 Å². The highest BCUT2D eigenvalue weighted by Gasteiger charge is 2.07. The van der Waals surface area contributed by atoms with Gasteiger partial charge < -0.3 is 15.4 Å². The van der Waals surface area contributed by atoms with Crippen LogP contribution >= 0.6 is 11.6 Å². The molecule has 0 aliphatic rings. The number of aryl methyl sites for hydroxylation is 1. The summed E-state index contributed by atoms with van der Waals surface area (Å²) in [6.45, 7) is 4.10. The maximum atomic E-state index is 11.7. The summed E-state index contributed by atoms with van der Waals surface area (Å²) in [5, 5.41) is 7.13. The molecule has 27 heavy (non-hydrogen) atoms. The molecule has 0 aliphatic heterocycles. The second-order valence-electron chi connectivity index (χ2n) is 5.80. The van der Waals surface area contributed by atoms with E-state index in [9.17, 15) is 4.79 Å². The van der Waals surface area contributed by atoms with E-state index in [-0.39, 0.29) is 5.97 Å². The van der Waals surface area contributed by atoms with Crippen LogP contribution in [-0.2, 0) is 4.74 Å². The van der Waals surface area contributed by atoms with E-state index in [0.717, 1.165) is 16.9 Å². The number of esters is 1. The molecule has 0 atom stereocenters. The molecule has 0 saturated heterocycles. The summed E-state index contributed by atoms with van der Waals surface area (Å²) >= 11 is 5.99. The molecular formula is C20H19ClN4O2. The average Bonchev–Trinajstić information content (AvgIpc) is 2.65. The van der Waals surface area contributed by atoms with Crippen molar-refractivity contribution in [3.8, 4) is 0 Å². The van der Waals surface area contributed by atoms with E-state index >= 15 is 0 Å². The molecular weight excluding hydrogens is 364 g/mol. The molecule has 1 heterocycles. The molecule has 0 unspecified atom stereocenters. The van der Waals surface area contributed by atoms with Crippen LogP contribution in [0.4, 0.5) is 23.0 Å². The van der Waals surface area contributed by atoms with Gasteiger partial charge >= 0.3 is 5.97 Å². The van der Waals surface area contributed by atoms with E-state index in [2.05, 4.69) is 20.6 Å². The highest BCUT2D eigenvalue weighted by atomic mass is 35.5. The highest BCUT2D eigenvalue weighted by molar-refractivity contribution is 6.30. The van der Waals surface area contributed by atoms with Gasteiger partial charge in [-0.15, -0.1) is 0 Å². The fourth-order valence-corrected chi connectivity index (χ4v) is 2.68. The Hall–Kier alpha value is -3.12. The Balaban J connectivity index is 1.71. The van der Waals surface area contributed by atoms with E-state index in [1.165, 1.54) is 6.33 Å². The molecule has 7 heteroatoms. The van der Waals surface area contributed by atoms with Crippen molar-refractivity contribution in [2.24, 2.45) is 0 Å². The summed E-state index contributed by atoms with van der Waals surface area (Å²) in [5.41, 5.74) is 3.24. The first kappa shape index (κ1) is 18.7. The highest BCUT2D eigenvalue weighted by Crippen LogP contribution is 2.24. The number of halogens is 1. The fraction of sp³-hybridized carbons (Fsp3) is 0.150. The van der Waals surface area contributed by atoms with Gasteiger partial charge in [0.2, 0.25) is 0 Å². The Morgan fingerprint density at radius 3 is 2.41 bits per heavy atom. The van der Waals surface area contributed by atoms with Crippen LogP contribution in [0.3, 0.4) is 0 Å². The van der Waals surface area contributed by atoms with E-state index in [1.807, 2.05) is 25.1 Å². The molecule has 0 spiro atoms. The van der Waals surface area contributed by atoms with Crippen molar-refractivity contribution < 1.29 is 9.53 Å². The maximum absolute atomic E-state index is 11.7. The quantitative estimate of drug-likeness (QED) is 0.577. The number of carbonyl (C=O) groups excluding carboxylic acids is 1. The summed E-state index contributed by atoms with van der Waals surface area (Å²) in [6, 6.07) is 14.4. The largest absolute Gasteiger partial charge is 0.462 e. The second-order valence-corrected chi connectivity index (χ2v) is 6.23. The van der Waals surface area contributed by atoms with Gasteiger partial charge in [-0.25, -0.2) is 14.8 Å². The number of rotatable bonds is 6. The molecule has 6 nitrogen and oxygen atoms in total. The first-order valence-electron chi connectivity index (χ1n) is 8.44. The molecule has 3 aromatic rings. The molecule has 138 valence electrons. The van der Waals surface area contributed by atoms with Crippen molar-refractivity contribution in [1.82, 2.24) is 9.97 Å². The molecule has 0 aliphatic carbocycles. The summed E-state index contributed by atoms with van der Waals surface area (Å²) in [5.74, 6) is 0.944. The van der Waals surface area contributed by atoms with Crippen molar-refractivity contribution in [1.29, 1.82) is 0 Å². The summed E-state index contributed by atoms with van der Waals surface area (Å²) in [7, 11) is 0. The second kappa shape index (κ2) is 8.51. The number of hydrogen-bond acceptors (Lipinski definition) is 6. The molecule has 0 amide bonds. The Morgan fingerprint density at radius 1 is 1.04 bits per heavy atom. The van der Waals surface area contributed by atoms with Crippen molar-refractivity contribution in [3.63, 3.8) is 0 Å². The third kappa shape index (κ3) is 4.95. The molecule has 0 saturated carbocycles. The minimum atomic E-state index is -0.337. The molecule has 3 rings (SSSR count). The number of aromatic nitrogens is 2. The standard InChI is InChI=1S/C20H19ClN4O2/c1-3-27-20(26)14-4-7-16(8-5-14)24-18-11-19(23-12-22-18)25-17-9-6-15(21)10-13(17)2/h4-12H,3H2,1-2H3,(H2,22,23,24,25). The van der Waals surface area contributed by atoms with Gasteiger partial charge in [-0.1, -0.05) is 11.6 Å². The van der Waals surface area contributed by atoms with Crippen LogP contribution in [0, 0.1) is 6.92 Å². The van der Waals surface area contributed by atoms with Gasteiger partial charge in [0.05, 0.1) is 12.2 Å². The predicted octanol–water partition coefficient (Wildman–Crippen LogP) is 5.10. The average molecular weight is 383 g/mol. The number of ether oxygens (including phenoxy) is 1. The number of nitrogens with one attached hydrogen (secondary N) is 2. The van der Waals surface area contributed by atoms with Crippen molar-refractivity contribution >= 4 is 40.6 Å². The van der Waals surface area contributed by atoms with E-state index in [1.54, 1.807) is 37.3 Å². The summed E-state index contributed by atoms with van der Waals surface area (Å²) in [6.07, 6.45) is 1.48. The van der Waals surface area contributed by atoms with Crippen molar-refractivity contribution in [2.45, 2.75) is 13.8 Å². The number of anilines is 4. The van der Waals surface area contributed by atoms with Gasteiger partial charge in [0.15, 0.2) is 0 Å². The zero-order valence-corrected chi connectivity index (χ0v) is 15.7. The van der Waals surface area contributed by atoms with Crippen molar-refractivity contribution in [3.05, 3.63) is 71.0 Å². The molecule has 0 fully saturated rings. The van der Waals surface area contributed by atoms with Gasteiger partial charge in [-0.3, -0.25) is 0 Å². The third-order valence-corrected chi connectivity index (χ3v) is 4.02. The first-order chi connectivity index (χ1) is 13.0. The van der Waals surface area contributed by atoms with Gasteiger partial charge in [-0.2, -0.15) is 0 Å². The third-order valence-electron chi connectivity index (χ3n) is 3.79. The van der Waals surface area contributed by atoms with Crippen molar-refractivity contribution in [2.75, 3.05) is 17.2 Å². The Labute approximate surface area is 162 Å². The van der Waals surface area contributed by atoms with Crippen LogP contribution in [0.2, 0.25) is 5.02 Å². The Morgan fingerprint density at radius 2 is 1.74 bits per heavy atom. The number of hydrogen-bond donors (Lipinski definition) is 2. The van der Waals surface area contributed by atoms with Gasteiger partial charge in [0.1, 0.15) is 18.0 Å². The van der Waals surface area contributed by atoms with Crippen LogP contribution < -0.4 is 10.6 Å². The van der Waals surface area contributed by atoms with Gasteiger partial charge in [0.25, 0.3) is 0 Å². The Kier molecular flexibility index (Phi) is 5.88. The summed E-state index contributed by atoms with van der Waals surface area (Å²) in [4.78, 5) is 20.2.